The Morgan fingerprint density at radius 1 is 1.44 bits per heavy atom. The second kappa shape index (κ2) is 5.69. The Bertz CT molecular complexity index is 1030. The first-order valence-corrected chi connectivity index (χ1v) is 8.93. The predicted octanol–water partition coefficient (Wildman–Crippen LogP) is 1.97. The van der Waals surface area contributed by atoms with Crippen LogP contribution in [-0.4, -0.2) is 40.9 Å². The van der Waals surface area contributed by atoms with Gasteiger partial charge in [0.25, 0.3) is 0 Å². The minimum atomic E-state index is -1.33. The molecule has 2 aliphatic rings. The lowest BCUT2D eigenvalue weighted by Crippen LogP contribution is -2.43. The molecule has 0 bridgehead atoms. The maximum absolute atomic E-state index is 15.1. The third-order valence-electron chi connectivity index (χ3n) is 5.84. The fraction of sp³-hybridized carbons (Fsp3) is 0.474. The fourth-order valence-electron chi connectivity index (χ4n) is 4.00. The number of carboxylic acids is 1. The van der Waals surface area contributed by atoms with E-state index >= 15 is 4.39 Å². The summed E-state index contributed by atoms with van der Waals surface area (Å²) in [7, 11) is 0. The first-order valence-electron chi connectivity index (χ1n) is 8.93. The van der Waals surface area contributed by atoms with Crippen molar-refractivity contribution in [3.63, 3.8) is 0 Å². The van der Waals surface area contributed by atoms with Gasteiger partial charge in [0.2, 0.25) is 5.43 Å². The minimum absolute atomic E-state index is 0.0143. The largest absolute Gasteiger partial charge is 0.487 e. The topological polar surface area (TPSA) is 97.8 Å². The number of rotatable bonds is 2. The summed E-state index contributed by atoms with van der Waals surface area (Å²) in [4.78, 5) is 25.9. The highest BCUT2D eigenvalue weighted by Gasteiger charge is 2.40. The lowest BCUT2D eigenvalue weighted by Gasteiger charge is -2.31. The molecule has 1 saturated heterocycles. The number of hydrogen-bond donors (Lipinski definition) is 2. The molecule has 7 nitrogen and oxygen atoms in total. The van der Waals surface area contributed by atoms with Gasteiger partial charge in [-0.05, 0) is 25.8 Å². The van der Waals surface area contributed by atoms with Crippen molar-refractivity contribution in [1.29, 1.82) is 0 Å². The molecule has 3 atom stereocenters. The highest BCUT2D eigenvalue weighted by Crippen LogP contribution is 2.44. The molecule has 0 radical (unpaired) electrons. The van der Waals surface area contributed by atoms with Crippen LogP contribution in [0.15, 0.2) is 17.1 Å². The molecule has 2 aliphatic heterocycles. The van der Waals surface area contributed by atoms with Gasteiger partial charge in [0, 0.05) is 24.8 Å². The molecule has 1 aromatic carbocycles. The highest BCUT2D eigenvalue weighted by atomic mass is 19.1. The summed E-state index contributed by atoms with van der Waals surface area (Å²) in [5, 5.41) is 9.36. The van der Waals surface area contributed by atoms with Crippen LogP contribution in [0.5, 0.6) is 5.75 Å². The van der Waals surface area contributed by atoms with Crippen LogP contribution in [0.3, 0.4) is 0 Å². The summed E-state index contributed by atoms with van der Waals surface area (Å²) in [5.74, 6) is -1.51. The van der Waals surface area contributed by atoms with Crippen molar-refractivity contribution in [3.8, 4) is 5.75 Å². The Hall–Kier alpha value is -2.61. The second-order valence-electron chi connectivity index (χ2n) is 7.96. The van der Waals surface area contributed by atoms with Crippen molar-refractivity contribution in [2.24, 2.45) is 11.7 Å². The molecule has 144 valence electrons. The molecule has 0 aliphatic carbocycles. The number of carbonyl (C=O) groups is 1. The van der Waals surface area contributed by atoms with Crippen molar-refractivity contribution in [3.05, 3.63) is 33.9 Å². The summed E-state index contributed by atoms with van der Waals surface area (Å²) in [6, 6.07) is 0.937. The smallest absolute Gasteiger partial charge is 0.341 e. The lowest BCUT2D eigenvalue weighted by molar-refractivity contribution is 0.0694. The summed E-state index contributed by atoms with van der Waals surface area (Å²) in [6.07, 6.45) is 1.32. The Balaban J connectivity index is 2.03. The minimum Gasteiger partial charge on any atom is -0.487 e. The molecular formula is C19H22FN3O4. The van der Waals surface area contributed by atoms with E-state index in [0.29, 0.717) is 18.6 Å². The SMILES string of the molecule is CC1COc2c(N3CC(C)C(C)(N)C3)c(F)cc3c(=O)c(C(=O)O)cn1c23. The van der Waals surface area contributed by atoms with Gasteiger partial charge in [0.05, 0.1) is 16.9 Å². The molecule has 1 aromatic heterocycles. The maximum atomic E-state index is 15.1. The van der Waals surface area contributed by atoms with Crippen molar-refractivity contribution in [1.82, 2.24) is 4.57 Å². The molecule has 1 fully saturated rings. The quantitative estimate of drug-likeness (QED) is 0.833. The number of benzene rings is 1. The number of halogens is 1. The zero-order chi connectivity index (χ0) is 19.7. The third-order valence-corrected chi connectivity index (χ3v) is 5.84. The number of anilines is 1. The van der Waals surface area contributed by atoms with Crippen LogP contribution in [0.1, 0.15) is 37.2 Å². The lowest BCUT2D eigenvalue weighted by atomic mass is 9.92. The average molecular weight is 375 g/mol. The van der Waals surface area contributed by atoms with E-state index in [1.807, 2.05) is 25.7 Å². The number of aromatic nitrogens is 1. The van der Waals surface area contributed by atoms with E-state index in [2.05, 4.69) is 0 Å². The average Bonchev–Trinajstić information content (AvgIpc) is 2.84. The van der Waals surface area contributed by atoms with Gasteiger partial charge in [-0.3, -0.25) is 4.79 Å². The Morgan fingerprint density at radius 3 is 2.74 bits per heavy atom. The first kappa shape index (κ1) is 17.8. The fourth-order valence-corrected chi connectivity index (χ4v) is 4.00. The van der Waals surface area contributed by atoms with E-state index in [1.165, 1.54) is 6.20 Å². The molecule has 3 heterocycles. The van der Waals surface area contributed by atoms with Gasteiger partial charge in [-0.2, -0.15) is 0 Å². The van der Waals surface area contributed by atoms with E-state index in [4.69, 9.17) is 10.5 Å². The molecule has 8 heteroatoms. The molecule has 3 N–H and O–H groups in total. The molecule has 27 heavy (non-hydrogen) atoms. The Morgan fingerprint density at radius 2 is 2.15 bits per heavy atom. The van der Waals surface area contributed by atoms with E-state index < -0.39 is 22.8 Å². The third kappa shape index (κ3) is 2.50. The summed E-state index contributed by atoms with van der Waals surface area (Å²) >= 11 is 0. The monoisotopic (exact) mass is 375 g/mol. The van der Waals surface area contributed by atoms with Crippen molar-refractivity contribution in [2.45, 2.75) is 32.4 Å². The van der Waals surface area contributed by atoms with Crippen LogP contribution in [0.2, 0.25) is 0 Å². The van der Waals surface area contributed by atoms with E-state index in [-0.39, 0.29) is 41.0 Å². The van der Waals surface area contributed by atoms with E-state index in [1.54, 1.807) is 4.57 Å². The second-order valence-corrected chi connectivity index (χ2v) is 7.96. The van der Waals surface area contributed by atoms with Gasteiger partial charge in [-0.25, -0.2) is 9.18 Å². The zero-order valence-electron chi connectivity index (χ0n) is 15.5. The van der Waals surface area contributed by atoms with Gasteiger partial charge in [0.15, 0.2) is 11.6 Å². The van der Waals surface area contributed by atoms with Crippen molar-refractivity contribution >= 4 is 22.6 Å². The standard InChI is InChI=1S/C19H22FN3O4/c1-9-5-22(8-19(9,3)21)15-13(20)4-11-14-17(15)27-7-10(2)23(14)6-12(16(11)24)18(25)26/h4,6,9-10H,5,7-8,21H2,1-3H3,(H,25,26). The maximum Gasteiger partial charge on any atom is 0.341 e. The molecule has 4 rings (SSSR count). The van der Waals surface area contributed by atoms with Crippen LogP contribution in [0.25, 0.3) is 10.9 Å². The number of pyridine rings is 1. The number of hydrogen-bond acceptors (Lipinski definition) is 5. The van der Waals surface area contributed by atoms with E-state index in [9.17, 15) is 14.7 Å². The van der Waals surface area contributed by atoms with Crippen LogP contribution in [0, 0.1) is 11.7 Å². The number of nitrogens with two attached hydrogens (primary N) is 1. The van der Waals surface area contributed by atoms with E-state index in [0.717, 1.165) is 6.07 Å². The first-order chi connectivity index (χ1) is 12.6. The van der Waals surface area contributed by atoms with Gasteiger partial charge in [0.1, 0.15) is 17.9 Å². The number of aromatic carboxylic acids is 1. The van der Waals surface area contributed by atoms with Crippen molar-refractivity contribution in [2.75, 3.05) is 24.6 Å². The zero-order valence-corrected chi connectivity index (χ0v) is 15.5. The summed E-state index contributed by atoms with van der Waals surface area (Å²) < 4.78 is 22.7. The molecule has 2 aromatic rings. The Kier molecular flexibility index (Phi) is 3.75. The molecule has 0 saturated carbocycles. The number of carboxylic acid groups (broad SMARTS) is 1. The number of ether oxygens (including phenoxy) is 1. The normalized spacial score (nSPS) is 27.1. The van der Waals surface area contributed by atoms with Crippen LogP contribution < -0.4 is 20.8 Å². The van der Waals surface area contributed by atoms with Gasteiger partial charge in [-0.15, -0.1) is 0 Å². The molecular weight excluding hydrogens is 353 g/mol. The molecule has 0 amide bonds. The highest BCUT2D eigenvalue weighted by molar-refractivity contribution is 5.97. The predicted molar refractivity (Wildman–Crippen MR) is 99.3 cm³/mol. The van der Waals surface area contributed by atoms with Gasteiger partial charge >= 0.3 is 5.97 Å². The number of nitrogens with zero attached hydrogens (tertiary/aromatic N) is 2. The Labute approximate surface area is 155 Å². The molecule has 0 spiro atoms. The van der Waals surface area contributed by atoms with Crippen molar-refractivity contribution < 1.29 is 19.0 Å². The van der Waals surface area contributed by atoms with Crippen LogP contribution in [-0.2, 0) is 0 Å². The summed E-state index contributed by atoms with van der Waals surface area (Å²) in [5.41, 5.74) is 5.48. The molecule has 3 unspecified atom stereocenters. The van der Waals surface area contributed by atoms with Gasteiger partial charge < -0.3 is 25.0 Å². The van der Waals surface area contributed by atoms with Gasteiger partial charge in [-0.1, -0.05) is 6.92 Å². The van der Waals surface area contributed by atoms with Crippen LogP contribution >= 0.6 is 0 Å². The van der Waals surface area contributed by atoms with Crippen LogP contribution in [0.4, 0.5) is 10.1 Å². The summed E-state index contributed by atoms with van der Waals surface area (Å²) in [6.45, 7) is 7.08.